The Bertz CT molecular complexity index is 1190. The van der Waals surface area contributed by atoms with Crippen LogP contribution >= 0.6 is 23.2 Å². The van der Waals surface area contributed by atoms with Crippen molar-refractivity contribution in [1.82, 2.24) is 9.29 Å². The van der Waals surface area contributed by atoms with Gasteiger partial charge in [-0.3, -0.25) is 4.79 Å². The predicted molar refractivity (Wildman–Crippen MR) is 128 cm³/mol. The number of hydrogen-bond donors (Lipinski definition) is 1. The molecule has 0 radical (unpaired) electrons. The van der Waals surface area contributed by atoms with Crippen molar-refractivity contribution >= 4 is 50.9 Å². The summed E-state index contributed by atoms with van der Waals surface area (Å²) in [5, 5.41) is 2.87. The Labute approximate surface area is 208 Å². The number of rotatable bonds is 7. The van der Waals surface area contributed by atoms with E-state index in [9.17, 15) is 18.0 Å². The first-order valence-corrected chi connectivity index (χ1v) is 12.8. The lowest BCUT2D eigenvalue weighted by atomic mass is 10.1. The summed E-state index contributed by atoms with van der Waals surface area (Å²) in [6, 6.07) is 5.21. The molecule has 9 nitrogen and oxygen atoms in total. The number of sulfonamides is 1. The van der Waals surface area contributed by atoms with Crippen molar-refractivity contribution in [2.45, 2.75) is 50.2 Å². The minimum absolute atomic E-state index is 0.0358. The van der Waals surface area contributed by atoms with Crippen LogP contribution in [0.5, 0.6) is 5.75 Å². The van der Waals surface area contributed by atoms with Crippen molar-refractivity contribution in [2.75, 3.05) is 19.0 Å². The fraction of sp³-hybridized carbons (Fsp3) is 0.409. The molecule has 0 saturated carbocycles. The Hall–Kier alpha value is -2.40. The van der Waals surface area contributed by atoms with E-state index in [1.807, 2.05) is 6.92 Å². The molecule has 12 heteroatoms. The largest absolute Gasteiger partial charge is 0.495 e. The molecule has 1 aliphatic rings. The molecule has 34 heavy (non-hydrogen) atoms. The minimum Gasteiger partial charge on any atom is -0.495 e. The van der Waals surface area contributed by atoms with Crippen LogP contribution in [0.4, 0.5) is 5.82 Å². The van der Waals surface area contributed by atoms with Crippen LogP contribution in [-0.2, 0) is 19.6 Å². The Balaban J connectivity index is 1.79. The monoisotopic (exact) mass is 529 g/mol. The van der Waals surface area contributed by atoms with Gasteiger partial charge < -0.3 is 14.8 Å². The Kier molecular flexibility index (Phi) is 8.40. The van der Waals surface area contributed by atoms with Crippen molar-refractivity contribution in [3.05, 3.63) is 46.1 Å². The van der Waals surface area contributed by atoms with Crippen LogP contribution in [0.25, 0.3) is 0 Å². The number of halogens is 2. The first-order valence-electron chi connectivity index (χ1n) is 10.6. The van der Waals surface area contributed by atoms with Gasteiger partial charge in [-0.25, -0.2) is 18.2 Å². The number of anilines is 1. The number of ether oxygens (including phenoxy) is 2. The van der Waals surface area contributed by atoms with Crippen LogP contribution in [0, 0.1) is 0 Å². The third-order valence-corrected chi connectivity index (χ3v) is 7.96. The molecule has 3 rings (SSSR count). The molecule has 184 valence electrons. The Morgan fingerprint density at radius 2 is 1.97 bits per heavy atom. The predicted octanol–water partition coefficient (Wildman–Crippen LogP) is 4.14. The molecule has 1 amide bonds. The molecule has 1 N–H and O–H groups in total. The third kappa shape index (κ3) is 5.80. The molecule has 2 aromatic rings. The second kappa shape index (κ2) is 10.9. The lowest BCUT2D eigenvalue weighted by Crippen LogP contribution is -2.42. The van der Waals surface area contributed by atoms with Gasteiger partial charge in [0.25, 0.3) is 5.91 Å². The van der Waals surface area contributed by atoms with Gasteiger partial charge in [0.05, 0.1) is 22.7 Å². The van der Waals surface area contributed by atoms with E-state index in [1.165, 1.54) is 48.8 Å². The third-order valence-electron chi connectivity index (χ3n) is 5.43. The molecule has 1 fully saturated rings. The van der Waals surface area contributed by atoms with E-state index >= 15 is 0 Å². The molecule has 0 spiro atoms. The lowest BCUT2D eigenvalue weighted by molar-refractivity contribution is -0.123. The van der Waals surface area contributed by atoms with Crippen molar-refractivity contribution in [1.29, 1.82) is 0 Å². The molecule has 2 heterocycles. The topological polar surface area (TPSA) is 115 Å². The van der Waals surface area contributed by atoms with Crippen LogP contribution in [-0.4, -0.2) is 55.4 Å². The van der Waals surface area contributed by atoms with Crippen LogP contribution in [0.15, 0.2) is 35.4 Å². The van der Waals surface area contributed by atoms with Gasteiger partial charge in [0.15, 0.2) is 11.9 Å². The van der Waals surface area contributed by atoms with Crippen molar-refractivity contribution < 1.29 is 27.5 Å². The zero-order valence-electron chi connectivity index (χ0n) is 18.9. The van der Waals surface area contributed by atoms with Crippen molar-refractivity contribution in [2.24, 2.45) is 0 Å². The first kappa shape index (κ1) is 26.2. The number of benzene rings is 1. The second-order valence-corrected chi connectivity index (χ2v) is 10.5. The molecule has 1 aliphatic heterocycles. The zero-order valence-corrected chi connectivity index (χ0v) is 21.2. The summed E-state index contributed by atoms with van der Waals surface area (Å²) >= 11 is 11.8. The summed E-state index contributed by atoms with van der Waals surface area (Å²) in [5.74, 6) is -1.37. The van der Waals surface area contributed by atoms with Crippen LogP contribution in [0.2, 0.25) is 10.0 Å². The van der Waals surface area contributed by atoms with E-state index in [4.69, 9.17) is 32.7 Å². The smallest absolute Gasteiger partial charge is 0.338 e. The quantitative estimate of drug-likeness (QED) is 0.535. The number of carbonyl (C=O) groups excluding carboxylic acids is 2. The van der Waals surface area contributed by atoms with Crippen molar-refractivity contribution in [3.63, 3.8) is 0 Å². The molecule has 1 saturated heterocycles. The van der Waals surface area contributed by atoms with Gasteiger partial charge >= 0.3 is 5.97 Å². The van der Waals surface area contributed by atoms with Gasteiger partial charge in [-0.15, -0.1) is 0 Å². The highest BCUT2D eigenvalue weighted by molar-refractivity contribution is 7.89. The number of methoxy groups -OCH3 is 1. The van der Waals surface area contributed by atoms with Gasteiger partial charge in [-0.05, 0) is 51.0 Å². The standard InChI is InChI=1S/C22H25Cl2N3O6S/c1-13-6-4-5-9-27(13)34(30,31)19-10-15(7-8-18(19)32-3)22(29)33-14(2)21(28)26-20-17(24)11-16(23)12-25-20/h7-8,10-14H,4-6,9H2,1-3H3,(H,25,26,28)/t13-,14-/m0/s1. The number of pyridine rings is 1. The zero-order chi connectivity index (χ0) is 25.0. The highest BCUT2D eigenvalue weighted by atomic mass is 35.5. The highest BCUT2D eigenvalue weighted by Gasteiger charge is 2.34. The Morgan fingerprint density at radius 1 is 1.24 bits per heavy atom. The number of hydrogen-bond acceptors (Lipinski definition) is 7. The summed E-state index contributed by atoms with van der Waals surface area (Å²) in [6.45, 7) is 3.61. The SMILES string of the molecule is COc1ccc(C(=O)O[C@@H](C)C(=O)Nc2ncc(Cl)cc2Cl)cc1S(=O)(=O)N1CCCC[C@@H]1C. The summed E-state index contributed by atoms with van der Waals surface area (Å²) in [4.78, 5) is 29.0. The normalized spacial score (nSPS) is 17.6. The maximum absolute atomic E-state index is 13.3. The molecular formula is C22H25Cl2N3O6S. The molecule has 0 aliphatic carbocycles. The van der Waals surface area contributed by atoms with Crippen molar-refractivity contribution in [3.8, 4) is 5.75 Å². The maximum Gasteiger partial charge on any atom is 0.338 e. The Morgan fingerprint density at radius 3 is 2.62 bits per heavy atom. The average molecular weight is 530 g/mol. The average Bonchev–Trinajstić information content (AvgIpc) is 2.80. The molecular weight excluding hydrogens is 505 g/mol. The van der Waals surface area contributed by atoms with E-state index in [-0.39, 0.29) is 33.1 Å². The summed E-state index contributed by atoms with van der Waals surface area (Å²) < 4.78 is 38.6. The summed E-state index contributed by atoms with van der Waals surface area (Å²) in [6.07, 6.45) is 2.55. The maximum atomic E-state index is 13.3. The van der Waals surface area contributed by atoms with Crippen LogP contribution < -0.4 is 10.1 Å². The summed E-state index contributed by atoms with van der Waals surface area (Å²) in [5.41, 5.74) is -0.0358. The van der Waals surface area contributed by atoms with Gasteiger partial charge in [-0.2, -0.15) is 4.31 Å². The number of piperidine rings is 1. The van der Waals surface area contributed by atoms with E-state index in [0.29, 0.717) is 11.6 Å². The highest BCUT2D eigenvalue weighted by Crippen LogP contribution is 2.32. The molecule has 0 bridgehead atoms. The van der Waals surface area contributed by atoms with Gasteiger partial charge in [0.1, 0.15) is 10.6 Å². The van der Waals surface area contributed by atoms with E-state index < -0.39 is 28.0 Å². The summed E-state index contributed by atoms with van der Waals surface area (Å²) in [7, 11) is -2.56. The van der Waals surface area contributed by atoms with E-state index in [0.717, 1.165) is 19.3 Å². The van der Waals surface area contributed by atoms with Crippen LogP contribution in [0.1, 0.15) is 43.5 Å². The molecule has 0 unspecified atom stereocenters. The minimum atomic E-state index is -3.92. The number of carbonyl (C=O) groups is 2. The lowest BCUT2D eigenvalue weighted by Gasteiger charge is -2.32. The molecule has 2 atom stereocenters. The molecule has 1 aromatic heterocycles. The van der Waals surface area contributed by atoms with Crippen LogP contribution in [0.3, 0.4) is 0 Å². The fourth-order valence-electron chi connectivity index (χ4n) is 3.57. The van der Waals surface area contributed by atoms with Gasteiger partial charge in [-0.1, -0.05) is 29.6 Å². The van der Waals surface area contributed by atoms with E-state index in [2.05, 4.69) is 10.3 Å². The van der Waals surface area contributed by atoms with Gasteiger partial charge in [0.2, 0.25) is 10.0 Å². The second-order valence-electron chi connectivity index (χ2n) is 7.85. The first-order chi connectivity index (χ1) is 16.0. The number of amides is 1. The molecule has 1 aromatic carbocycles. The number of esters is 1. The number of nitrogens with one attached hydrogen (secondary N) is 1. The van der Waals surface area contributed by atoms with E-state index in [1.54, 1.807) is 0 Å². The number of aromatic nitrogens is 1. The van der Waals surface area contributed by atoms with Gasteiger partial charge in [0, 0.05) is 18.8 Å². The fourth-order valence-corrected chi connectivity index (χ4v) is 5.88. The number of nitrogens with zero attached hydrogens (tertiary/aromatic N) is 2.